The molecule has 1 aromatic heterocycles. The molecule has 2 aromatic rings. The van der Waals surface area contributed by atoms with Crippen LogP contribution in [0.5, 0.6) is 0 Å². The molecule has 0 saturated carbocycles. The number of aliphatic hydroxyl groups excluding tert-OH is 16. The second-order valence-electron chi connectivity index (χ2n) is 27.1. The Hall–Kier alpha value is -4.50. The zero-order valence-electron chi connectivity index (χ0n) is 58.3. The van der Waals surface area contributed by atoms with Crippen LogP contribution in [0.25, 0.3) is 11.3 Å². The fourth-order valence-electron chi connectivity index (χ4n) is 13.2. The van der Waals surface area contributed by atoms with Gasteiger partial charge in [-0.1, -0.05) is 116 Å². The molecule has 0 aliphatic carbocycles. The molecule has 0 spiro atoms. The standard InChI is InChI=1S/C68H110N4O31/c1-4-5-6-7-8-9-10-11-12-13-14-15-16-17-18-19-49(82)71-40(41(79)24-25-50(83)70-39-22-20-38(21-23-39)44-27-69-34-93-44)33-92-65-57(90)55(88)61(47(31-76)97-65)100-67-58(91)63(103-68(72-94-35-78)26-42(80)36(2)60(102-68)51(84)43(81)28-73)62(48(32-77)98-67)101-64-37(3)59(53(86)46(30-75)95-64)99-66-56(89)54(87)52(85)45(29-74)96-66/h20-25,27,34-37,40-43,45-48,51-67,72-77,79-81,84-91H,4-19,26,28-33H2,1-3H3,(H,70,83)(H,71,82)/b25-24+/t36?,37?,40-,41+,42?,43+,45?,46?,47?,48?,51+,52?,53?,54?,55?,56?,57?,58?,59?,60?,61?,62?,63?,64?,65?,66?,67?,68?/m0/s1. The van der Waals surface area contributed by atoms with Gasteiger partial charge in [0, 0.05) is 42.0 Å². The van der Waals surface area contributed by atoms with Crippen molar-refractivity contribution in [2.45, 2.75) is 289 Å². The number of amides is 2. The molecular formula is C68H110N4O31. The third kappa shape index (κ3) is 23.7. The molecule has 2 amide bonds. The van der Waals surface area contributed by atoms with Gasteiger partial charge in [-0.05, 0) is 36.8 Å². The lowest BCUT2D eigenvalue weighted by atomic mass is 9.86. The number of ether oxygens (including phenoxy) is 10. The van der Waals surface area contributed by atoms with E-state index in [0.29, 0.717) is 23.4 Å². The first-order valence-electron chi connectivity index (χ1n) is 35.7. The molecule has 0 bridgehead atoms. The summed E-state index contributed by atoms with van der Waals surface area (Å²) in [5.74, 6) is -5.79. The number of nitrogens with one attached hydrogen (secondary N) is 3. The molecule has 7 rings (SSSR count). The number of hydrogen-bond donors (Lipinski definition) is 19. The van der Waals surface area contributed by atoms with Crippen LogP contribution >= 0.6 is 0 Å². The van der Waals surface area contributed by atoms with Gasteiger partial charge >= 0.3 is 6.47 Å². The smallest absolute Gasteiger partial charge is 0.312 e. The van der Waals surface area contributed by atoms with Crippen molar-refractivity contribution in [3.8, 4) is 11.3 Å². The maximum absolute atomic E-state index is 13.6. The van der Waals surface area contributed by atoms with Crippen molar-refractivity contribution >= 4 is 24.0 Å². The van der Waals surface area contributed by atoms with Crippen molar-refractivity contribution < 1.29 is 153 Å². The molecule has 5 aliphatic heterocycles. The molecule has 5 fully saturated rings. The second-order valence-corrected chi connectivity index (χ2v) is 27.1. The lowest BCUT2D eigenvalue weighted by molar-refractivity contribution is -0.426. The van der Waals surface area contributed by atoms with E-state index in [0.717, 1.165) is 44.3 Å². The number of nitrogens with zero attached hydrogens (tertiary/aromatic N) is 1. The second kappa shape index (κ2) is 42.9. The van der Waals surface area contributed by atoms with Crippen molar-refractivity contribution in [2.75, 3.05) is 45.0 Å². The van der Waals surface area contributed by atoms with E-state index in [-0.39, 0.29) is 12.9 Å². The van der Waals surface area contributed by atoms with E-state index in [1.165, 1.54) is 84.2 Å². The summed E-state index contributed by atoms with van der Waals surface area (Å²) < 4.78 is 66.0. The van der Waals surface area contributed by atoms with Crippen LogP contribution in [0.3, 0.4) is 0 Å². The summed E-state index contributed by atoms with van der Waals surface area (Å²) in [5.41, 5.74) is 3.25. The van der Waals surface area contributed by atoms with Gasteiger partial charge in [0.15, 0.2) is 37.3 Å². The first kappa shape index (κ1) is 85.7. The number of hydrogen-bond acceptors (Lipinski definition) is 33. The highest BCUT2D eigenvalue weighted by molar-refractivity contribution is 5.99. The summed E-state index contributed by atoms with van der Waals surface area (Å²) in [6.07, 6.45) is -24.2. The summed E-state index contributed by atoms with van der Waals surface area (Å²) >= 11 is 0. The van der Waals surface area contributed by atoms with Gasteiger partial charge in [-0.25, -0.2) is 4.98 Å². The monoisotopic (exact) mass is 1480 g/mol. The number of anilines is 1. The Balaban J connectivity index is 1.08. The molecule has 103 heavy (non-hydrogen) atoms. The van der Waals surface area contributed by atoms with Gasteiger partial charge in [-0.15, -0.1) is 0 Å². The molecule has 35 heteroatoms. The van der Waals surface area contributed by atoms with Crippen LogP contribution in [0.1, 0.15) is 130 Å². The number of carbonyl (C=O) groups excluding carboxylic acids is 3. The van der Waals surface area contributed by atoms with Crippen molar-refractivity contribution in [1.82, 2.24) is 15.8 Å². The summed E-state index contributed by atoms with van der Waals surface area (Å²) in [4.78, 5) is 47.5. The molecule has 19 N–H and O–H groups in total. The molecule has 5 aliphatic rings. The normalized spacial score (nSPS) is 35.5. The minimum absolute atomic E-state index is 0.0515. The van der Waals surface area contributed by atoms with Gasteiger partial charge in [-0.3, -0.25) is 14.4 Å². The zero-order valence-corrected chi connectivity index (χ0v) is 58.3. The lowest BCUT2D eigenvalue weighted by Crippen LogP contribution is -2.70. The predicted molar refractivity (Wildman–Crippen MR) is 354 cm³/mol. The number of hydroxylamine groups is 1. The van der Waals surface area contributed by atoms with Crippen LogP contribution in [0.4, 0.5) is 5.69 Å². The van der Waals surface area contributed by atoms with E-state index in [1.807, 2.05) is 0 Å². The third-order valence-corrected chi connectivity index (χ3v) is 19.4. The summed E-state index contributed by atoms with van der Waals surface area (Å²) in [6, 6.07) is 5.27. The molecule has 5 saturated heterocycles. The Labute approximate surface area is 596 Å². The van der Waals surface area contributed by atoms with Gasteiger partial charge in [0.2, 0.25) is 11.8 Å². The maximum Gasteiger partial charge on any atom is 0.312 e. The number of carbonyl (C=O) groups is 3. The Morgan fingerprint density at radius 3 is 1.76 bits per heavy atom. The van der Waals surface area contributed by atoms with Gasteiger partial charge in [0.1, 0.15) is 97.7 Å². The first-order valence-corrected chi connectivity index (χ1v) is 35.7. The van der Waals surface area contributed by atoms with E-state index in [2.05, 4.69) is 28.0 Å². The Morgan fingerprint density at radius 2 is 1.17 bits per heavy atom. The number of benzene rings is 1. The molecule has 0 radical (unpaired) electrons. The van der Waals surface area contributed by atoms with E-state index in [4.69, 9.17) is 56.6 Å². The topological polar surface area (TPSA) is 539 Å². The fourth-order valence-corrected chi connectivity index (χ4v) is 13.2. The number of rotatable bonds is 43. The average molecular weight is 1480 g/mol. The van der Waals surface area contributed by atoms with E-state index >= 15 is 0 Å². The summed E-state index contributed by atoms with van der Waals surface area (Å²) in [7, 11) is 0. The Kier molecular flexibility index (Phi) is 35.7. The van der Waals surface area contributed by atoms with Gasteiger partial charge in [0.05, 0.1) is 76.3 Å². The Morgan fingerprint density at radius 1 is 0.621 bits per heavy atom. The van der Waals surface area contributed by atoms with E-state index in [9.17, 15) is 96.1 Å². The van der Waals surface area contributed by atoms with Crippen molar-refractivity contribution in [3.05, 3.63) is 49.0 Å². The average Bonchev–Trinajstić information content (AvgIpc) is 0.953. The van der Waals surface area contributed by atoms with Crippen LogP contribution in [0.2, 0.25) is 0 Å². The van der Waals surface area contributed by atoms with Gasteiger partial charge < -0.3 is 149 Å². The van der Waals surface area contributed by atoms with Crippen LogP contribution in [0.15, 0.2) is 53.4 Å². The quantitative estimate of drug-likeness (QED) is 0.0106. The van der Waals surface area contributed by atoms with E-state index < -0.39 is 229 Å². The Bertz CT molecular complexity index is 2770. The maximum atomic E-state index is 13.6. The van der Waals surface area contributed by atoms with Crippen LogP contribution in [-0.2, 0) is 66.6 Å². The zero-order chi connectivity index (χ0) is 74.9. The summed E-state index contributed by atoms with van der Waals surface area (Å²) in [5, 5.41) is 182. The fraction of sp³-hybridized carbons (Fsp3) is 0.794. The largest absolute Gasteiger partial charge is 0.444 e. The van der Waals surface area contributed by atoms with Gasteiger partial charge in [0.25, 0.3) is 5.91 Å². The molecule has 28 atom stereocenters. The molecule has 6 heterocycles. The number of aliphatic hydroxyl groups is 16. The highest BCUT2D eigenvalue weighted by Gasteiger charge is 2.60. The minimum atomic E-state index is -2.74. The van der Waals surface area contributed by atoms with Crippen molar-refractivity contribution in [2.24, 2.45) is 11.8 Å². The van der Waals surface area contributed by atoms with Crippen LogP contribution in [0, 0.1) is 11.8 Å². The third-order valence-electron chi connectivity index (χ3n) is 19.4. The first-order chi connectivity index (χ1) is 49.5. The highest BCUT2D eigenvalue weighted by Crippen LogP contribution is 2.42. The predicted octanol–water partition coefficient (Wildman–Crippen LogP) is -2.64. The van der Waals surface area contributed by atoms with Crippen molar-refractivity contribution in [3.63, 3.8) is 0 Å². The molecular weight excluding hydrogens is 1370 g/mol. The number of oxazole rings is 1. The summed E-state index contributed by atoms with van der Waals surface area (Å²) in [6.45, 7) is -0.824. The SMILES string of the molecule is CCCCCCCCCCCCCCCCCC(=O)N[C@@H](COC1OC(CO)C(OC2OC(CO)C(OC3OC(CO)C(O)C(OC4OC(CO)C(O)C(O)C4O)C3C)C(OC3(NOC=O)CC(O)C(C)C([C@H](O)[C@H](O)CO)O3)C2O)C(O)C1O)[C@H](O)/C=C/C(=O)Nc1ccc(-c2cnco2)cc1. The number of aromatic nitrogens is 1. The molecule has 1 aromatic carbocycles. The van der Waals surface area contributed by atoms with E-state index in [1.54, 1.807) is 24.3 Å². The van der Waals surface area contributed by atoms with Crippen molar-refractivity contribution in [1.29, 1.82) is 0 Å². The molecule has 35 nitrogen and oxygen atoms in total. The highest BCUT2D eigenvalue weighted by atomic mass is 16.8. The molecule has 588 valence electrons. The number of unbranched alkanes of at least 4 members (excludes halogenated alkanes) is 14. The molecule has 24 unspecified atom stereocenters. The van der Waals surface area contributed by atoms with Crippen LogP contribution in [-0.4, -0.2) is 304 Å². The lowest BCUT2D eigenvalue weighted by Gasteiger charge is -2.53. The minimum Gasteiger partial charge on any atom is -0.444 e. The van der Waals surface area contributed by atoms with Crippen LogP contribution < -0.4 is 16.1 Å². The van der Waals surface area contributed by atoms with Gasteiger partial charge in [-0.2, -0.15) is 0 Å².